The summed E-state index contributed by atoms with van der Waals surface area (Å²) in [5, 5.41) is 14.3. The van der Waals surface area contributed by atoms with E-state index in [1.54, 1.807) is 0 Å². The van der Waals surface area contributed by atoms with Crippen molar-refractivity contribution < 1.29 is 8.83 Å². The summed E-state index contributed by atoms with van der Waals surface area (Å²) in [5.41, 5.74) is 8.51. The molecule has 0 N–H and O–H groups in total. The molecule has 0 radical (unpaired) electrons. The molecule has 2 heterocycles. The van der Waals surface area contributed by atoms with E-state index in [0.29, 0.717) is 0 Å². The molecule has 11 aromatic rings. The molecule has 2 aromatic heterocycles. The topological polar surface area (TPSA) is 26.3 Å². The van der Waals surface area contributed by atoms with Crippen LogP contribution in [0.1, 0.15) is 0 Å². The van der Waals surface area contributed by atoms with Crippen LogP contribution in [-0.2, 0) is 0 Å². The highest BCUT2D eigenvalue weighted by molar-refractivity contribution is 6.32. The van der Waals surface area contributed by atoms with Gasteiger partial charge < -0.3 is 8.83 Å². The van der Waals surface area contributed by atoms with Crippen molar-refractivity contribution in [3.63, 3.8) is 0 Å². The highest BCUT2D eigenvalue weighted by atomic mass is 16.3. The van der Waals surface area contributed by atoms with Crippen molar-refractivity contribution in [3.05, 3.63) is 146 Å². The predicted octanol–water partition coefficient (Wildman–Crippen LogP) is 12.9. The van der Waals surface area contributed by atoms with Crippen LogP contribution in [0.2, 0.25) is 0 Å². The fraction of sp³-hybridized carbons (Fsp3) is 0. The monoisotopic (exact) mass is 584 g/mol. The van der Waals surface area contributed by atoms with E-state index < -0.39 is 0 Å². The summed E-state index contributed by atoms with van der Waals surface area (Å²) >= 11 is 0. The van der Waals surface area contributed by atoms with Gasteiger partial charge in [-0.1, -0.05) is 115 Å². The van der Waals surface area contributed by atoms with Crippen LogP contribution in [0.15, 0.2) is 154 Å². The minimum atomic E-state index is 0.907. The zero-order valence-corrected chi connectivity index (χ0v) is 24.7. The van der Waals surface area contributed by atoms with E-state index in [-0.39, 0.29) is 0 Å². The average molecular weight is 585 g/mol. The van der Waals surface area contributed by atoms with Gasteiger partial charge in [-0.3, -0.25) is 0 Å². The maximum atomic E-state index is 6.77. The third kappa shape index (κ3) is 3.05. The maximum Gasteiger partial charge on any atom is 0.143 e. The molecule has 0 saturated heterocycles. The van der Waals surface area contributed by atoms with Crippen molar-refractivity contribution >= 4 is 87.0 Å². The summed E-state index contributed by atoms with van der Waals surface area (Å²) in [6, 6.07) is 52.4. The number of rotatable bonds is 2. The first-order chi connectivity index (χ1) is 22.8. The highest BCUT2D eigenvalue weighted by Crippen LogP contribution is 2.51. The van der Waals surface area contributed by atoms with Crippen LogP contribution >= 0.6 is 0 Å². The minimum absolute atomic E-state index is 0.907. The van der Waals surface area contributed by atoms with Crippen molar-refractivity contribution in [1.82, 2.24) is 0 Å². The Labute approximate surface area is 263 Å². The van der Waals surface area contributed by atoms with Gasteiger partial charge in [-0.2, -0.15) is 0 Å². The van der Waals surface area contributed by atoms with Gasteiger partial charge in [0.15, 0.2) is 0 Å². The van der Waals surface area contributed by atoms with Crippen molar-refractivity contribution in [1.29, 1.82) is 0 Å². The average Bonchev–Trinajstić information content (AvgIpc) is 3.68. The maximum absolute atomic E-state index is 6.77. The van der Waals surface area contributed by atoms with Crippen molar-refractivity contribution in [3.8, 4) is 22.3 Å². The standard InChI is InChI=1S/C44H24O2/c1-2-13-27-25(11-1)23-35-28-14-7-8-20-36(28)46-44(35)43(27)41-31-17-5-3-15-29(31)40(30-16-4-6-18-32(30)41)34-24-26-12-9-21-37-39(26)42-33(34)19-10-22-38(42)45-37/h1-24H. The molecule has 0 aliphatic carbocycles. The first-order valence-corrected chi connectivity index (χ1v) is 15.8. The molecule has 11 rings (SSSR count). The number of para-hydroxylation sites is 1. The summed E-state index contributed by atoms with van der Waals surface area (Å²) < 4.78 is 13.1. The smallest absolute Gasteiger partial charge is 0.143 e. The van der Waals surface area contributed by atoms with Crippen molar-refractivity contribution in [2.75, 3.05) is 0 Å². The third-order valence-electron chi connectivity index (χ3n) is 9.99. The van der Waals surface area contributed by atoms with Crippen LogP contribution in [-0.4, -0.2) is 0 Å². The predicted molar refractivity (Wildman–Crippen MR) is 193 cm³/mol. The number of fused-ring (bicyclic) bond motifs is 6. The summed E-state index contributed by atoms with van der Waals surface area (Å²) in [5.74, 6) is 0. The molecule has 0 saturated carbocycles. The summed E-state index contributed by atoms with van der Waals surface area (Å²) in [6.45, 7) is 0. The minimum Gasteiger partial charge on any atom is -0.456 e. The molecule has 46 heavy (non-hydrogen) atoms. The van der Waals surface area contributed by atoms with Gasteiger partial charge in [0.25, 0.3) is 0 Å². The Bertz CT molecular complexity index is 2970. The van der Waals surface area contributed by atoms with Crippen molar-refractivity contribution in [2.45, 2.75) is 0 Å². The molecule has 2 nitrogen and oxygen atoms in total. The molecule has 212 valence electrons. The number of furan rings is 2. The summed E-state index contributed by atoms with van der Waals surface area (Å²) in [6.07, 6.45) is 0. The molecule has 0 unspecified atom stereocenters. The van der Waals surface area contributed by atoms with Crippen LogP contribution in [0.25, 0.3) is 109 Å². The van der Waals surface area contributed by atoms with E-state index in [4.69, 9.17) is 8.83 Å². The van der Waals surface area contributed by atoms with Gasteiger partial charge in [0, 0.05) is 32.7 Å². The van der Waals surface area contributed by atoms with Gasteiger partial charge in [0.1, 0.15) is 22.3 Å². The Hall–Kier alpha value is -6.12. The molecule has 0 aliphatic heterocycles. The molecular formula is C44H24O2. The van der Waals surface area contributed by atoms with Crippen molar-refractivity contribution in [2.24, 2.45) is 0 Å². The van der Waals surface area contributed by atoms with Crippen LogP contribution in [0.5, 0.6) is 0 Å². The Morgan fingerprint density at radius 2 is 0.848 bits per heavy atom. The normalized spacial score (nSPS) is 12.3. The lowest BCUT2D eigenvalue weighted by Gasteiger charge is -2.20. The zero-order valence-electron chi connectivity index (χ0n) is 24.7. The SMILES string of the molecule is c1ccc2c(-c3c4ccccc4c(-c4cc5cccc6oc7cccc4c7c56)c4ccccc34)c3oc4ccccc4c3cc2c1. The number of benzene rings is 9. The van der Waals surface area contributed by atoms with E-state index in [1.807, 2.05) is 6.07 Å². The molecule has 0 aliphatic rings. The quantitative estimate of drug-likeness (QED) is 0.149. The van der Waals surface area contributed by atoms with Crippen LogP contribution in [0.4, 0.5) is 0 Å². The molecule has 0 fully saturated rings. The second-order valence-corrected chi connectivity index (χ2v) is 12.3. The van der Waals surface area contributed by atoms with Crippen LogP contribution < -0.4 is 0 Å². The van der Waals surface area contributed by atoms with Gasteiger partial charge in [-0.05, 0) is 84.5 Å². The Morgan fingerprint density at radius 1 is 0.304 bits per heavy atom. The lowest BCUT2D eigenvalue weighted by molar-refractivity contribution is 0.669. The molecule has 0 spiro atoms. The summed E-state index contributed by atoms with van der Waals surface area (Å²) in [4.78, 5) is 0. The van der Waals surface area contributed by atoms with Gasteiger partial charge in [0.05, 0.1) is 0 Å². The van der Waals surface area contributed by atoms with Crippen LogP contribution in [0, 0.1) is 0 Å². The number of hydrogen-bond donors (Lipinski definition) is 0. The third-order valence-corrected chi connectivity index (χ3v) is 9.99. The molecule has 9 aromatic carbocycles. The van der Waals surface area contributed by atoms with E-state index in [9.17, 15) is 0 Å². The molecular weight excluding hydrogens is 560 g/mol. The van der Waals surface area contributed by atoms with E-state index in [0.717, 1.165) is 38.7 Å². The largest absolute Gasteiger partial charge is 0.456 e. The van der Waals surface area contributed by atoms with Gasteiger partial charge in [0.2, 0.25) is 0 Å². The highest BCUT2D eigenvalue weighted by Gasteiger charge is 2.24. The first kappa shape index (κ1) is 24.2. The molecule has 0 bridgehead atoms. The van der Waals surface area contributed by atoms with E-state index in [1.165, 1.54) is 70.6 Å². The fourth-order valence-electron chi connectivity index (χ4n) is 8.14. The zero-order chi connectivity index (χ0) is 29.9. The lowest BCUT2D eigenvalue weighted by atomic mass is 9.82. The Balaban J connectivity index is 1.37. The Kier molecular flexibility index (Phi) is 4.61. The fourth-order valence-corrected chi connectivity index (χ4v) is 8.14. The Morgan fingerprint density at radius 3 is 1.61 bits per heavy atom. The second-order valence-electron chi connectivity index (χ2n) is 12.3. The van der Waals surface area contributed by atoms with Gasteiger partial charge in [-0.25, -0.2) is 0 Å². The second kappa shape index (κ2) is 8.74. The first-order valence-electron chi connectivity index (χ1n) is 15.8. The van der Waals surface area contributed by atoms with Crippen LogP contribution in [0.3, 0.4) is 0 Å². The summed E-state index contributed by atoms with van der Waals surface area (Å²) in [7, 11) is 0. The van der Waals surface area contributed by atoms with E-state index >= 15 is 0 Å². The van der Waals surface area contributed by atoms with Gasteiger partial charge in [-0.15, -0.1) is 0 Å². The molecule has 0 atom stereocenters. The lowest BCUT2D eigenvalue weighted by Crippen LogP contribution is -1.93. The molecule has 0 amide bonds. The van der Waals surface area contributed by atoms with Gasteiger partial charge >= 0.3 is 0 Å². The van der Waals surface area contributed by atoms with E-state index in [2.05, 4.69) is 140 Å². The molecule has 2 heteroatoms. The number of hydrogen-bond acceptors (Lipinski definition) is 2.